The Morgan fingerprint density at radius 1 is 1.36 bits per heavy atom. The van der Waals surface area contributed by atoms with E-state index in [4.69, 9.17) is 0 Å². The second kappa shape index (κ2) is 6.16. The number of carboxylic acid groups (broad SMARTS) is 1. The lowest BCUT2D eigenvalue weighted by Crippen LogP contribution is -2.41. The zero-order chi connectivity index (χ0) is 16.7. The molecule has 1 aliphatic rings. The number of carbonyl (C=O) groups is 1. The Kier molecular flexibility index (Phi) is 4.82. The van der Waals surface area contributed by atoms with Crippen molar-refractivity contribution in [2.24, 2.45) is 5.41 Å². The molecule has 0 aliphatic carbocycles. The summed E-state index contributed by atoms with van der Waals surface area (Å²) in [4.78, 5) is 17.8. The number of aryl methyl sites for hydroxylation is 2. The Morgan fingerprint density at radius 3 is 2.55 bits per heavy atom. The fourth-order valence-corrected chi connectivity index (χ4v) is 3.75. The summed E-state index contributed by atoms with van der Waals surface area (Å²) in [5.41, 5.74) is 2.69. The van der Waals surface area contributed by atoms with Crippen molar-refractivity contribution in [2.45, 2.75) is 46.6 Å². The number of aliphatic hydroxyl groups is 1. The maximum absolute atomic E-state index is 11.3. The van der Waals surface area contributed by atoms with Gasteiger partial charge >= 0.3 is 5.97 Å². The predicted octanol–water partition coefficient (Wildman–Crippen LogP) is 3.21. The van der Waals surface area contributed by atoms with Gasteiger partial charge in [-0.15, -0.1) is 0 Å². The number of piperidine rings is 1. The topological polar surface area (TPSA) is 73.7 Å². The Labute approximate surface area is 139 Å². The quantitative estimate of drug-likeness (QED) is 0.854. The summed E-state index contributed by atoms with van der Waals surface area (Å²) >= 11 is 3.55. The van der Waals surface area contributed by atoms with E-state index in [1.807, 2.05) is 6.92 Å². The Bertz CT molecular complexity index is 602. The van der Waals surface area contributed by atoms with Gasteiger partial charge in [-0.3, -0.25) is 4.98 Å². The Hall–Kier alpha value is -1.14. The van der Waals surface area contributed by atoms with E-state index < -0.39 is 12.1 Å². The van der Waals surface area contributed by atoms with E-state index in [-0.39, 0.29) is 5.41 Å². The van der Waals surface area contributed by atoms with Crippen molar-refractivity contribution in [3.05, 3.63) is 21.4 Å². The lowest BCUT2D eigenvalue weighted by molar-refractivity contribution is -0.147. The molecule has 1 fully saturated rings. The number of aliphatic hydroxyl groups excluding tert-OH is 1. The molecule has 1 aliphatic heterocycles. The summed E-state index contributed by atoms with van der Waals surface area (Å²) in [6.45, 7) is 9.73. The van der Waals surface area contributed by atoms with Gasteiger partial charge in [0.15, 0.2) is 6.10 Å². The summed E-state index contributed by atoms with van der Waals surface area (Å²) in [6.07, 6.45) is 0.619. The molecule has 22 heavy (non-hydrogen) atoms. The van der Waals surface area contributed by atoms with E-state index in [9.17, 15) is 15.0 Å². The van der Waals surface area contributed by atoms with Crippen LogP contribution in [0.4, 0.5) is 5.69 Å². The number of pyridine rings is 1. The van der Waals surface area contributed by atoms with Crippen LogP contribution in [0.1, 0.15) is 49.7 Å². The normalized spacial score (nSPS) is 19.1. The highest BCUT2D eigenvalue weighted by molar-refractivity contribution is 9.10. The number of nitrogens with zero attached hydrogens (tertiary/aromatic N) is 2. The average Bonchev–Trinajstić information content (AvgIpc) is 2.40. The molecule has 0 bridgehead atoms. The van der Waals surface area contributed by atoms with Crippen LogP contribution in [0.2, 0.25) is 0 Å². The van der Waals surface area contributed by atoms with Gasteiger partial charge in [-0.1, -0.05) is 13.8 Å². The smallest absolute Gasteiger partial charge is 0.337 e. The van der Waals surface area contributed by atoms with Crippen LogP contribution >= 0.6 is 15.9 Å². The molecule has 1 aromatic heterocycles. The van der Waals surface area contributed by atoms with Gasteiger partial charge in [-0.2, -0.15) is 0 Å². The molecule has 2 N–H and O–H groups in total. The van der Waals surface area contributed by atoms with Crippen molar-refractivity contribution < 1.29 is 15.0 Å². The molecule has 1 saturated heterocycles. The zero-order valence-corrected chi connectivity index (χ0v) is 15.1. The molecule has 1 unspecified atom stereocenters. The molecule has 1 atom stereocenters. The third kappa shape index (κ3) is 3.27. The van der Waals surface area contributed by atoms with Crippen LogP contribution in [0.5, 0.6) is 0 Å². The van der Waals surface area contributed by atoms with Crippen molar-refractivity contribution in [1.82, 2.24) is 4.98 Å². The second-order valence-electron chi connectivity index (χ2n) is 6.79. The molecule has 5 nitrogen and oxygen atoms in total. The van der Waals surface area contributed by atoms with Crippen molar-refractivity contribution in [1.29, 1.82) is 0 Å². The molecule has 0 spiro atoms. The first-order valence-electron chi connectivity index (χ1n) is 7.46. The van der Waals surface area contributed by atoms with Crippen LogP contribution < -0.4 is 4.90 Å². The molecule has 122 valence electrons. The number of rotatable bonds is 3. The SMILES string of the molecule is Cc1nc(C)c(C(O)C(=O)O)c(N2CCCC(C)(C)C2)c1Br. The summed E-state index contributed by atoms with van der Waals surface area (Å²) in [7, 11) is 0. The number of carboxylic acids is 1. The predicted molar refractivity (Wildman–Crippen MR) is 89.2 cm³/mol. The zero-order valence-electron chi connectivity index (χ0n) is 13.5. The molecule has 0 radical (unpaired) electrons. The molecule has 2 heterocycles. The lowest BCUT2D eigenvalue weighted by atomic mass is 9.83. The largest absolute Gasteiger partial charge is 0.479 e. The summed E-state index contributed by atoms with van der Waals surface area (Å²) < 4.78 is 0.770. The van der Waals surface area contributed by atoms with Gasteiger partial charge in [0.2, 0.25) is 0 Å². The number of halogens is 1. The van der Waals surface area contributed by atoms with Gasteiger partial charge in [-0.05, 0) is 48.0 Å². The van der Waals surface area contributed by atoms with Crippen LogP contribution in [-0.2, 0) is 4.79 Å². The van der Waals surface area contributed by atoms with Gasteiger partial charge in [0.25, 0.3) is 0 Å². The van der Waals surface area contributed by atoms with E-state index in [0.29, 0.717) is 11.3 Å². The second-order valence-corrected chi connectivity index (χ2v) is 7.58. The molecule has 0 aromatic carbocycles. The van der Waals surface area contributed by atoms with E-state index in [1.165, 1.54) is 0 Å². The van der Waals surface area contributed by atoms with Gasteiger partial charge in [0, 0.05) is 24.3 Å². The van der Waals surface area contributed by atoms with E-state index >= 15 is 0 Å². The van der Waals surface area contributed by atoms with Crippen LogP contribution in [-0.4, -0.2) is 34.3 Å². The minimum atomic E-state index is -1.57. The molecular formula is C16H23BrN2O3. The van der Waals surface area contributed by atoms with Crippen LogP contribution in [0.25, 0.3) is 0 Å². The van der Waals surface area contributed by atoms with Gasteiger partial charge in [-0.25, -0.2) is 4.79 Å². The number of aliphatic carboxylic acids is 1. The van der Waals surface area contributed by atoms with Crippen molar-refractivity contribution in [2.75, 3.05) is 18.0 Å². The molecule has 1 aromatic rings. The van der Waals surface area contributed by atoms with Crippen LogP contribution in [0, 0.1) is 19.3 Å². The number of aromatic nitrogens is 1. The minimum absolute atomic E-state index is 0.161. The third-order valence-corrected chi connectivity index (χ3v) is 5.18. The number of anilines is 1. The first-order chi connectivity index (χ1) is 10.1. The maximum atomic E-state index is 11.3. The average molecular weight is 371 g/mol. The molecule has 0 saturated carbocycles. The lowest BCUT2D eigenvalue weighted by Gasteiger charge is -2.41. The van der Waals surface area contributed by atoms with Crippen molar-refractivity contribution in [3.8, 4) is 0 Å². The van der Waals surface area contributed by atoms with E-state index in [1.54, 1.807) is 6.92 Å². The fraction of sp³-hybridized carbons (Fsp3) is 0.625. The fourth-order valence-electron chi connectivity index (χ4n) is 3.20. The monoisotopic (exact) mass is 370 g/mol. The first kappa shape index (κ1) is 17.2. The highest BCUT2D eigenvalue weighted by Crippen LogP contribution is 2.41. The molecule has 2 rings (SSSR count). The highest BCUT2D eigenvalue weighted by atomic mass is 79.9. The van der Waals surface area contributed by atoms with Crippen molar-refractivity contribution >= 4 is 27.6 Å². The van der Waals surface area contributed by atoms with Crippen LogP contribution in [0.3, 0.4) is 0 Å². The van der Waals surface area contributed by atoms with Crippen LogP contribution in [0.15, 0.2) is 4.47 Å². The Balaban J connectivity index is 2.59. The summed E-state index contributed by atoms with van der Waals surface area (Å²) in [5.74, 6) is -1.25. The van der Waals surface area contributed by atoms with Gasteiger partial charge in [0.05, 0.1) is 15.9 Å². The van der Waals surface area contributed by atoms with Gasteiger partial charge < -0.3 is 15.1 Å². The first-order valence-corrected chi connectivity index (χ1v) is 8.26. The minimum Gasteiger partial charge on any atom is -0.479 e. The summed E-state index contributed by atoms with van der Waals surface area (Å²) in [5, 5.41) is 19.4. The standard InChI is InChI=1S/C16H23BrN2O3/c1-9-11(14(20)15(21)22)13(12(17)10(2)18-9)19-7-5-6-16(3,4)8-19/h14,20H,5-8H2,1-4H3,(H,21,22). The Morgan fingerprint density at radius 2 is 2.00 bits per heavy atom. The van der Waals surface area contributed by atoms with Crippen molar-refractivity contribution in [3.63, 3.8) is 0 Å². The molecule has 6 heteroatoms. The number of hydrogen-bond acceptors (Lipinski definition) is 4. The maximum Gasteiger partial charge on any atom is 0.337 e. The highest BCUT2D eigenvalue weighted by Gasteiger charge is 2.33. The summed E-state index contributed by atoms with van der Waals surface area (Å²) in [6, 6.07) is 0. The van der Waals surface area contributed by atoms with E-state index in [2.05, 4.69) is 39.7 Å². The van der Waals surface area contributed by atoms with E-state index in [0.717, 1.165) is 41.8 Å². The van der Waals surface area contributed by atoms with Gasteiger partial charge in [0.1, 0.15) is 0 Å². The third-order valence-electron chi connectivity index (χ3n) is 4.23. The molecular weight excluding hydrogens is 348 g/mol. The number of hydrogen-bond donors (Lipinski definition) is 2. The molecule has 0 amide bonds.